The molecule has 1 heterocycles. The van der Waals surface area contributed by atoms with Gasteiger partial charge in [0.25, 0.3) is 0 Å². The summed E-state index contributed by atoms with van der Waals surface area (Å²) in [6, 6.07) is 7.26. The van der Waals surface area contributed by atoms with Gasteiger partial charge in [0.05, 0.1) is 6.21 Å². The van der Waals surface area contributed by atoms with Gasteiger partial charge < -0.3 is 14.6 Å². The Labute approximate surface area is 109 Å². The summed E-state index contributed by atoms with van der Waals surface area (Å²) in [5.74, 6) is 0.120. The van der Waals surface area contributed by atoms with Crippen molar-refractivity contribution in [2.75, 3.05) is 0 Å². The fraction of sp³-hybridized carbons (Fsp3) is 0.0769. The summed E-state index contributed by atoms with van der Waals surface area (Å²) >= 11 is 0. The number of carbonyl (C=O) groups excluding carboxylic acids is 1. The quantitative estimate of drug-likeness (QED) is 0.579. The Balaban J connectivity index is 2.02. The highest BCUT2D eigenvalue weighted by molar-refractivity contribution is 5.92. The van der Waals surface area contributed by atoms with Crippen LogP contribution in [0.25, 0.3) is 0 Å². The maximum absolute atomic E-state index is 11.6. The van der Waals surface area contributed by atoms with Gasteiger partial charge in [-0.05, 0) is 31.2 Å². The number of hydrazone groups is 1. The van der Waals surface area contributed by atoms with Crippen molar-refractivity contribution < 1.29 is 19.4 Å². The van der Waals surface area contributed by atoms with Crippen LogP contribution in [0.15, 0.2) is 39.9 Å². The molecule has 0 aliphatic carbocycles. The molecule has 0 fully saturated rings. The lowest BCUT2D eigenvalue weighted by Gasteiger charge is -1.99. The zero-order valence-electron chi connectivity index (χ0n) is 10.1. The molecule has 2 rings (SSSR count). The van der Waals surface area contributed by atoms with E-state index in [4.69, 9.17) is 9.52 Å². The molecule has 0 saturated carbocycles. The zero-order valence-corrected chi connectivity index (χ0v) is 10.1. The van der Waals surface area contributed by atoms with Crippen LogP contribution < -0.4 is 5.43 Å². The maximum Gasteiger partial charge on any atom is 0.307 e. The van der Waals surface area contributed by atoms with Gasteiger partial charge in [-0.25, -0.2) is 5.43 Å². The second kappa shape index (κ2) is 5.26. The average molecular weight is 260 g/mol. The Morgan fingerprint density at radius 3 is 2.74 bits per heavy atom. The molecule has 0 bridgehead atoms. The number of nitrogens with one attached hydrogen (secondary N) is 1. The molecule has 19 heavy (non-hydrogen) atoms. The highest BCUT2D eigenvalue weighted by Crippen LogP contribution is 2.20. The van der Waals surface area contributed by atoms with Gasteiger partial charge in [0.1, 0.15) is 17.3 Å². The van der Waals surface area contributed by atoms with Gasteiger partial charge in [0, 0.05) is 11.6 Å². The second-order valence-electron chi connectivity index (χ2n) is 3.85. The molecule has 1 aromatic heterocycles. The minimum absolute atomic E-state index is 0.0512. The van der Waals surface area contributed by atoms with E-state index in [9.17, 15) is 9.90 Å². The number of carbonyl (C=O) groups is 1. The van der Waals surface area contributed by atoms with Crippen molar-refractivity contribution in [3.63, 3.8) is 0 Å². The van der Waals surface area contributed by atoms with Crippen molar-refractivity contribution in [1.29, 1.82) is 0 Å². The molecule has 98 valence electrons. The summed E-state index contributed by atoms with van der Waals surface area (Å²) < 4.78 is 5.12. The Morgan fingerprint density at radius 2 is 2.11 bits per heavy atom. The summed E-state index contributed by atoms with van der Waals surface area (Å²) in [6.07, 6.45) is 1.27. The van der Waals surface area contributed by atoms with Crippen LogP contribution in [0.1, 0.15) is 21.9 Å². The molecule has 2 aromatic rings. The van der Waals surface area contributed by atoms with Gasteiger partial charge in [-0.3, -0.25) is 4.79 Å². The number of aromatic hydroxyl groups is 2. The van der Waals surface area contributed by atoms with Crippen LogP contribution in [0.5, 0.6) is 11.5 Å². The van der Waals surface area contributed by atoms with Gasteiger partial charge >= 0.3 is 5.91 Å². The Hall–Kier alpha value is -2.76. The van der Waals surface area contributed by atoms with E-state index in [1.807, 2.05) is 0 Å². The predicted molar refractivity (Wildman–Crippen MR) is 68.3 cm³/mol. The van der Waals surface area contributed by atoms with Crippen LogP contribution in [-0.4, -0.2) is 22.3 Å². The molecule has 0 aliphatic heterocycles. The van der Waals surface area contributed by atoms with Crippen LogP contribution in [-0.2, 0) is 0 Å². The van der Waals surface area contributed by atoms with Gasteiger partial charge in [-0.2, -0.15) is 5.10 Å². The predicted octanol–water partition coefficient (Wildman–Crippen LogP) is 1.76. The highest BCUT2D eigenvalue weighted by Gasteiger charge is 2.08. The Morgan fingerprint density at radius 1 is 1.32 bits per heavy atom. The van der Waals surface area contributed by atoms with Crippen LogP contribution in [0.3, 0.4) is 0 Å². The SMILES string of the molecule is Cc1ccc(C(=O)N/N=C\c2ccc(O)cc2O)o1. The first kappa shape index (κ1) is 12.7. The molecule has 6 heteroatoms. The van der Waals surface area contributed by atoms with E-state index in [1.54, 1.807) is 13.0 Å². The summed E-state index contributed by atoms with van der Waals surface area (Å²) in [7, 11) is 0. The number of hydrogen-bond donors (Lipinski definition) is 3. The van der Waals surface area contributed by atoms with E-state index in [1.165, 1.54) is 30.5 Å². The van der Waals surface area contributed by atoms with Gasteiger partial charge in [0.2, 0.25) is 0 Å². The number of rotatable bonds is 3. The first-order chi connectivity index (χ1) is 9.06. The number of hydrogen-bond acceptors (Lipinski definition) is 5. The lowest BCUT2D eigenvalue weighted by molar-refractivity contribution is 0.0926. The third kappa shape index (κ3) is 3.12. The third-order valence-electron chi connectivity index (χ3n) is 2.35. The standard InChI is InChI=1S/C13H12N2O4/c1-8-2-5-12(19-8)13(18)15-14-7-9-3-4-10(16)6-11(9)17/h2-7,16-17H,1H3,(H,15,18)/b14-7-. The molecule has 3 N–H and O–H groups in total. The number of furan rings is 1. The lowest BCUT2D eigenvalue weighted by atomic mass is 10.2. The summed E-state index contributed by atoms with van der Waals surface area (Å²) in [5.41, 5.74) is 2.63. The molecular weight excluding hydrogens is 248 g/mol. The highest BCUT2D eigenvalue weighted by atomic mass is 16.3. The molecule has 1 amide bonds. The molecule has 0 aliphatic rings. The molecule has 1 aromatic carbocycles. The number of aryl methyl sites for hydroxylation is 1. The van der Waals surface area contributed by atoms with E-state index in [-0.39, 0.29) is 17.3 Å². The van der Waals surface area contributed by atoms with Crippen LogP contribution >= 0.6 is 0 Å². The van der Waals surface area contributed by atoms with Crippen LogP contribution in [0.2, 0.25) is 0 Å². The van der Waals surface area contributed by atoms with E-state index < -0.39 is 5.91 Å². The minimum atomic E-state index is -0.484. The smallest absolute Gasteiger partial charge is 0.307 e. The van der Waals surface area contributed by atoms with E-state index >= 15 is 0 Å². The van der Waals surface area contributed by atoms with E-state index in [0.29, 0.717) is 11.3 Å². The topological polar surface area (TPSA) is 95.1 Å². The van der Waals surface area contributed by atoms with Gasteiger partial charge in [-0.1, -0.05) is 0 Å². The van der Waals surface area contributed by atoms with Crippen molar-refractivity contribution in [3.05, 3.63) is 47.4 Å². The van der Waals surface area contributed by atoms with Crippen molar-refractivity contribution in [2.24, 2.45) is 5.10 Å². The van der Waals surface area contributed by atoms with Gasteiger partial charge in [-0.15, -0.1) is 0 Å². The van der Waals surface area contributed by atoms with Crippen molar-refractivity contribution in [1.82, 2.24) is 5.43 Å². The summed E-state index contributed by atoms with van der Waals surface area (Å²) in [5, 5.41) is 22.3. The first-order valence-corrected chi connectivity index (χ1v) is 5.48. The van der Waals surface area contributed by atoms with Crippen molar-refractivity contribution in [2.45, 2.75) is 6.92 Å². The third-order valence-corrected chi connectivity index (χ3v) is 2.35. The number of nitrogens with zero attached hydrogens (tertiary/aromatic N) is 1. The number of phenolic OH excluding ortho intramolecular Hbond substituents is 2. The largest absolute Gasteiger partial charge is 0.508 e. The molecular formula is C13H12N2O4. The Bertz CT molecular complexity index is 631. The van der Waals surface area contributed by atoms with Crippen LogP contribution in [0.4, 0.5) is 0 Å². The molecule has 0 unspecified atom stereocenters. The van der Waals surface area contributed by atoms with Crippen molar-refractivity contribution in [3.8, 4) is 11.5 Å². The zero-order chi connectivity index (χ0) is 13.8. The molecule has 0 atom stereocenters. The fourth-order valence-corrected chi connectivity index (χ4v) is 1.41. The van der Waals surface area contributed by atoms with Crippen molar-refractivity contribution >= 4 is 12.1 Å². The number of amides is 1. The first-order valence-electron chi connectivity index (χ1n) is 5.48. The van der Waals surface area contributed by atoms with E-state index in [0.717, 1.165) is 0 Å². The fourth-order valence-electron chi connectivity index (χ4n) is 1.41. The lowest BCUT2D eigenvalue weighted by Crippen LogP contribution is -2.16. The average Bonchev–Trinajstić information content (AvgIpc) is 2.78. The second-order valence-corrected chi connectivity index (χ2v) is 3.85. The maximum atomic E-state index is 11.6. The summed E-state index contributed by atoms with van der Waals surface area (Å²) in [4.78, 5) is 11.6. The van der Waals surface area contributed by atoms with E-state index in [2.05, 4.69) is 10.5 Å². The van der Waals surface area contributed by atoms with Crippen LogP contribution in [0, 0.1) is 6.92 Å². The number of phenols is 2. The van der Waals surface area contributed by atoms with Gasteiger partial charge in [0.15, 0.2) is 5.76 Å². The molecule has 0 radical (unpaired) electrons. The normalized spacial score (nSPS) is 10.8. The molecule has 6 nitrogen and oxygen atoms in total. The Kier molecular flexibility index (Phi) is 3.51. The molecule has 0 saturated heterocycles. The number of benzene rings is 1. The minimum Gasteiger partial charge on any atom is -0.508 e. The summed E-state index contributed by atoms with van der Waals surface area (Å²) in [6.45, 7) is 1.73. The monoisotopic (exact) mass is 260 g/mol. The molecule has 0 spiro atoms.